The average Bonchev–Trinajstić information content (AvgIpc) is 3.36. The van der Waals surface area contributed by atoms with E-state index in [1.165, 1.54) is 23.1 Å². The van der Waals surface area contributed by atoms with Crippen molar-refractivity contribution in [1.29, 1.82) is 0 Å². The summed E-state index contributed by atoms with van der Waals surface area (Å²) in [5, 5.41) is 1.89. The Morgan fingerprint density at radius 3 is 2.47 bits per heavy atom. The van der Waals surface area contributed by atoms with E-state index in [0.29, 0.717) is 5.02 Å². The number of hydrogen-bond acceptors (Lipinski definition) is 6. The Balaban J connectivity index is 1.87. The first-order chi connectivity index (χ1) is 14.1. The molecule has 2 amide bonds. The van der Waals surface area contributed by atoms with Crippen LogP contribution in [0.5, 0.6) is 0 Å². The van der Waals surface area contributed by atoms with E-state index in [1.807, 2.05) is 0 Å². The Kier molecular flexibility index (Phi) is 6.76. The van der Waals surface area contributed by atoms with E-state index < -0.39 is 44.8 Å². The van der Waals surface area contributed by atoms with Crippen LogP contribution in [-0.4, -0.2) is 60.8 Å². The zero-order valence-electron chi connectivity index (χ0n) is 16.3. The molecular formula is C19H23Cl2N3O5S. The molecule has 1 aliphatic carbocycles. The van der Waals surface area contributed by atoms with E-state index in [2.05, 4.69) is 5.32 Å². The maximum Gasteiger partial charge on any atom is 0.289 e. The highest BCUT2D eigenvalue weighted by atomic mass is 35.5. The lowest BCUT2D eigenvalue weighted by molar-refractivity contribution is -0.142. The summed E-state index contributed by atoms with van der Waals surface area (Å²) in [6, 6.07) is 2.13. The van der Waals surface area contributed by atoms with E-state index in [4.69, 9.17) is 28.9 Å². The van der Waals surface area contributed by atoms with Gasteiger partial charge in [-0.15, -0.1) is 0 Å². The number of primary amides is 1. The quantitative estimate of drug-likeness (QED) is 0.545. The third-order valence-corrected chi connectivity index (χ3v) is 8.34. The van der Waals surface area contributed by atoms with Gasteiger partial charge in [0.05, 0.1) is 27.3 Å². The number of likely N-dealkylation sites (tertiary alicyclic amines) is 1. The van der Waals surface area contributed by atoms with Crippen molar-refractivity contribution in [2.75, 3.05) is 6.54 Å². The summed E-state index contributed by atoms with van der Waals surface area (Å²) >= 11 is 11.9. The fraction of sp³-hybridized carbons (Fsp3) is 0.526. The SMILES string of the molecule is CC[C@@H](C(=O)C(=O)NC1CC1)N1CC(S(=O)(=O)c2ccc(Cl)cc2Cl)CC1C(N)=O. The maximum atomic E-state index is 13.2. The van der Waals surface area contributed by atoms with Gasteiger partial charge in [-0.1, -0.05) is 30.1 Å². The van der Waals surface area contributed by atoms with Crippen molar-refractivity contribution >= 4 is 50.6 Å². The molecule has 0 aromatic heterocycles. The first-order valence-electron chi connectivity index (χ1n) is 9.65. The van der Waals surface area contributed by atoms with Crippen LogP contribution >= 0.6 is 23.2 Å². The van der Waals surface area contributed by atoms with Crippen molar-refractivity contribution in [3.8, 4) is 0 Å². The van der Waals surface area contributed by atoms with Crippen LogP contribution in [0.2, 0.25) is 10.0 Å². The van der Waals surface area contributed by atoms with Crippen LogP contribution in [0.25, 0.3) is 0 Å². The Bertz CT molecular complexity index is 980. The number of hydrogen-bond donors (Lipinski definition) is 2. The third kappa shape index (κ3) is 4.64. The molecule has 0 bridgehead atoms. The summed E-state index contributed by atoms with van der Waals surface area (Å²) in [7, 11) is -3.93. The van der Waals surface area contributed by atoms with Crippen LogP contribution in [0.1, 0.15) is 32.6 Å². The van der Waals surface area contributed by atoms with Crippen LogP contribution in [0, 0.1) is 0 Å². The van der Waals surface area contributed by atoms with Crippen molar-refractivity contribution in [2.24, 2.45) is 5.73 Å². The summed E-state index contributed by atoms with van der Waals surface area (Å²) in [6.07, 6.45) is 1.79. The van der Waals surface area contributed by atoms with Gasteiger partial charge in [-0.25, -0.2) is 8.42 Å². The van der Waals surface area contributed by atoms with E-state index in [1.54, 1.807) is 6.92 Å². The lowest BCUT2D eigenvalue weighted by Gasteiger charge is -2.29. The third-order valence-electron chi connectivity index (χ3n) is 5.49. The minimum absolute atomic E-state index is 0.00430. The maximum absolute atomic E-state index is 13.2. The van der Waals surface area contributed by atoms with E-state index in [0.717, 1.165) is 12.8 Å². The van der Waals surface area contributed by atoms with Gasteiger partial charge in [-0.05, 0) is 43.9 Å². The molecule has 1 aromatic rings. The van der Waals surface area contributed by atoms with Gasteiger partial charge in [0.15, 0.2) is 9.84 Å². The lowest BCUT2D eigenvalue weighted by Crippen LogP contribution is -2.52. The van der Waals surface area contributed by atoms with Gasteiger partial charge in [-0.2, -0.15) is 0 Å². The van der Waals surface area contributed by atoms with Crippen LogP contribution in [0.3, 0.4) is 0 Å². The van der Waals surface area contributed by atoms with Gasteiger partial charge in [0.2, 0.25) is 11.7 Å². The van der Waals surface area contributed by atoms with Gasteiger partial charge in [0.1, 0.15) is 0 Å². The smallest absolute Gasteiger partial charge is 0.289 e. The number of sulfone groups is 1. The fourth-order valence-electron chi connectivity index (χ4n) is 3.76. The van der Waals surface area contributed by atoms with Crippen molar-refractivity contribution in [3.63, 3.8) is 0 Å². The predicted molar refractivity (Wildman–Crippen MR) is 112 cm³/mol. The summed E-state index contributed by atoms with van der Waals surface area (Å²) in [5.74, 6) is -2.17. The molecule has 0 radical (unpaired) electrons. The largest absolute Gasteiger partial charge is 0.368 e. The molecule has 8 nitrogen and oxygen atoms in total. The minimum Gasteiger partial charge on any atom is -0.368 e. The highest BCUT2D eigenvalue weighted by Gasteiger charge is 2.47. The highest BCUT2D eigenvalue weighted by Crippen LogP contribution is 2.34. The second-order valence-electron chi connectivity index (χ2n) is 7.63. The molecule has 11 heteroatoms. The summed E-state index contributed by atoms with van der Waals surface area (Å²) in [5.41, 5.74) is 5.51. The first kappa shape index (κ1) is 23.0. The number of Topliss-reactive ketones (excluding diaryl/α,β-unsaturated/α-hetero) is 1. The van der Waals surface area contributed by atoms with Gasteiger partial charge in [0.25, 0.3) is 5.91 Å². The molecule has 1 heterocycles. The van der Waals surface area contributed by atoms with Crippen LogP contribution < -0.4 is 11.1 Å². The molecule has 164 valence electrons. The molecule has 3 atom stereocenters. The monoisotopic (exact) mass is 475 g/mol. The second kappa shape index (κ2) is 8.82. The number of nitrogens with zero attached hydrogens (tertiary/aromatic N) is 1. The normalized spacial score (nSPS) is 23.2. The first-order valence-corrected chi connectivity index (χ1v) is 11.9. The van der Waals surface area contributed by atoms with E-state index >= 15 is 0 Å². The van der Waals surface area contributed by atoms with E-state index in [-0.39, 0.29) is 35.3 Å². The number of rotatable bonds is 8. The number of ketones is 1. The summed E-state index contributed by atoms with van der Waals surface area (Å²) in [6.45, 7) is 1.58. The summed E-state index contributed by atoms with van der Waals surface area (Å²) in [4.78, 5) is 38.4. The molecule has 0 spiro atoms. The molecular weight excluding hydrogens is 453 g/mol. The van der Waals surface area contributed by atoms with Gasteiger partial charge < -0.3 is 11.1 Å². The van der Waals surface area contributed by atoms with Gasteiger partial charge in [0, 0.05) is 17.6 Å². The number of nitrogens with one attached hydrogen (secondary N) is 1. The molecule has 2 fully saturated rings. The average molecular weight is 476 g/mol. The zero-order chi connectivity index (χ0) is 22.2. The predicted octanol–water partition coefficient (Wildman–Crippen LogP) is 1.32. The topological polar surface area (TPSA) is 127 Å². The lowest BCUT2D eigenvalue weighted by atomic mass is 10.1. The Hall–Kier alpha value is -1.68. The molecule has 30 heavy (non-hydrogen) atoms. The number of halogens is 2. The summed E-state index contributed by atoms with van der Waals surface area (Å²) < 4.78 is 26.4. The zero-order valence-corrected chi connectivity index (χ0v) is 18.6. The molecule has 1 aliphatic heterocycles. The molecule has 3 N–H and O–H groups in total. The molecule has 2 unspecified atom stereocenters. The second-order valence-corrected chi connectivity index (χ2v) is 10.7. The molecule has 3 rings (SSSR count). The van der Waals surface area contributed by atoms with Crippen molar-refractivity contribution in [2.45, 2.75) is 60.9 Å². The van der Waals surface area contributed by atoms with Crippen LogP contribution in [0.15, 0.2) is 23.1 Å². The van der Waals surface area contributed by atoms with Crippen molar-refractivity contribution in [3.05, 3.63) is 28.2 Å². The number of nitrogens with two attached hydrogens (primary N) is 1. The van der Waals surface area contributed by atoms with Crippen LogP contribution in [-0.2, 0) is 24.2 Å². The minimum atomic E-state index is -3.93. The highest BCUT2D eigenvalue weighted by molar-refractivity contribution is 7.92. The molecule has 2 aliphatic rings. The standard InChI is InChI=1S/C19H23Cl2N3O5S/c1-2-14(17(25)19(27)23-11-4-5-11)24-9-12(8-15(24)18(22)26)30(28,29)16-6-3-10(20)7-13(16)21/h3,6-7,11-12,14-15H,2,4-5,8-9H2,1H3,(H2,22,26)(H,23,27)/t12?,14-,15?/m0/s1. The number of amides is 2. The van der Waals surface area contributed by atoms with Gasteiger partial charge in [-0.3, -0.25) is 19.3 Å². The molecule has 1 saturated heterocycles. The molecule has 1 aromatic carbocycles. The number of carbonyl (C=O) groups is 3. The number of carbonyl (C=O) groups excluding carboxylic acids is 3. The van der Waals surface area contributed by atoms with Crippen molar-refractivity contribution < 1.29 is 22.8 Å². The van der Waals surface area contributed by atoms with E-state index in [9.17, 15) is 22.8 Å². The van der Waals surface area contributed by atoms with Crippen molar-refractivity contribution in [1.82, 2.24) is 10.2 Å². The Labute approximate surface area is 185 Å². The Morgan fingerprint density at radius 1 is 1.27 bits per heavy atom. The van der Waals surface area contributed by atoms with Crippen LogP contribution in [0.4, 0.5) is 0 Å². The molecule has 1 saturated carbocycles. The Morgan fingerprint density at radius 2 is 1.93 bits per heavy atom. The fourth-order valence-corrected chi connectivity index (χ4v) is 6.24. The number of benzene rings is 1. The van der Waals surface area contributed by atoms with Gasteiger partial charge >= 0.3 is 0 Å².